The molecule has 4 aromatic rings. The summed E-state index contributed by atoms with van der Waals surface area (Å²) in [6.07, 6.45) is 4.55. The van der Waals surface area contributed by atoms with Crippen LogP contribution in [-0.2, 0) is 11.3 Å². The highest BCUT2D eigenvalue weighted by Crippen LogP contribution is 2.48. The highest BCUT2D eigenvalue weighted by Gasteiger charge is 2.43. The fraction of sp³-hybridized carbons (Fsp3) is 0.214. The molecular weight excluding hydrogens is 412 g/mol. The molecule has 5 rings (SSSR count). The molecule has 1 saturated carbocycles. The Labute approximate surface area is 193 Å². The van der Waals surface area contributed by atoms with E-state index in [1.165, 1.54) is 0 Å². The second kappa shape index (κ2) is 8.94. The molecule has 1 heterocycles. The lowest BCUT2D eigenvalue weighted by atomic mass is 9.96. The Morgan fingerprint density at radius 3 is 2.58 bits per heavy atom. The second-order valence-corrected chi connectivity index (χ2v) is 8.37. The van der Waals surface area contributed by atoms with Gasteiger partial charge in [-0.1, -0.05) is 36.4 Å². The van der Waals surface area contributed by atoms with Crippen molar-refractivity contribution in [2.75, 3.05) is 14.2 Å². The fourth-order valence-corrected chi connectivity index (χ4v) is 4.48. The lowest BCUT2D eigenvalue weighted by Gasteiger charge is -2.13. The van der Waals surface area contributed by atoms with Gasteiger partial charge in [0.2, 0.25) is 5.91 Å². The summed E-state index contributed by atoms with van der Waals surface area (Å²) in [5.74, 6) is 2.01. The minimum Gasteiger partial charge on any atom is -0.497 e. The molecule has 1 aliphatic carbocycles. The van der Waals surface area contributed by atoms with E-state index in [0.717, 1.165) is 50.9 Å². The van der Waals surface area contributed by atoms with Crippen molar-refractivity contribution in [3.63, 3.8) is 0 Å². The van der Waals surface area contributed by atoms with Crippen LogP contribution in [0.2, 0.25) is 0 Å². The Hall–Kier alpha value is -3.86. The fourth-order valence-electron chi connectivity index (χ4n) is 4.48. The maximum Gasteiger partial charge on any atom is 0.224 e. The Bertz CT molecular complexity index is 1320. The maximum atomic E-state index is 12.8. The van der Waals surface area contributed by atoms with Crippen molar-refractivity contribution in [3.8, 4) is 22.6 Å². The number of nitrogens with zero attached hydrogens (tertiary/aromatic N) is 1. The summed E-state index contributed by atoms with van der Waals surface area (Å²) in [7, 11) is 3.33. The molecule has 1 amide bonds. The molecular formula is C28H26N2O3. The van der Waals surface area contributed by atoms with Crippen LogP contribution in [0.4, 0.5) is 0 Å². The Morgan fingerprint density at radius 2 is 1.76 bits per heavy atom. The van der Waals surface area contributed by atoms with Gasteiger partial charge < -0.3 is 14.8 Å². The van der Waals surface area contributed by atoms with Crippen molar-refractivity contribution >= 4 is 16.7 Å². The number of rotatable bonds is 7. The third-order valence-electron chi connectivity index (χ3n) is 6.39. The monoisotopic (exact) mass is 438 g/mol. The zero-order valence-electron chi connectivity index (χ0n) is 18.7. The van der Waals surface area contributed by atoms with Gasteiger partial charge in [0.05, 0.1) is 14.2 Å². The molecule has 1 fully saturated rings. The predicted molar refractivity (Wildman–Crippen MR) is 129 cm³/mol. The number of fused-ring (bicyclic) bond motifs is 1. The van der Waals surface area contributed by atoms with Crippen molar-refractivity contribution in [1.82, 2.24) is 10.3 Å². The highest BCUT2D eigenvalue weighted by molar-refractivity contribution is 5.98. The van der Waals surface area contributed by atoms with Crippen LogP contribution in [0.5, 0.6) is 11.5 Å². The average molecular weight is 439 g/mol. The quantitative estimate of drug-likeness (QED) is 0.423. The molecule has 2 atom stereocenters. The summed E-state index contributed by atoms with van der Waals surface area (Å²) in [5, 5.41) is 5.28. The molecule has 0 radical (unpaired) electrons. The van der Waals surface area contributed by atoms with Crippen LogP contribution in [0.15, 0.2) is 79.1 Å². The van der Waals surface area contributed by atoms with Gasteiger partial charge >= 0.3 is 0 Å². The number of pyridine rings is 1. The molecule has 0 saturated heterocycles. The van der Waals surface area contributed by atoms with Crippen molar-refractivity contribution < 1.29 is 14.3 Å². The number of amides is 1. The van der Waals surface area contributed by atoms with Crippen LogP contribution in [0.25, 0.3) is 21.9 Å². The van der Waals surface area contributed by atoms with E-state index in [0.29, 0.717) is 6.54 Å². The summed E-state index contributed by atoms with van der Waals surface area (Å²) in [6.45, 7) is 0.473. The standard InChI is InChI=1S/C28H26N2O3/c1-32-21-7-3-5-18(13-21)23-10-9-20(27-17-29-12-11-24(23)27)16-30-28(31)26-15-25(26)19-6-4-8-22(14-19)33-2/h3-14,17,25-26H,15-16H2,1-2H3,(H,30,31). The first-order chi connectivity index (χ1) is 16.2. The van der Waals surface area contributed by atoms with Crippen LogP contribution in [0, 0.1) is 5.92 Å². The molecule has 1 aromatic heterocycles. The highest BCUT2D eigenvalue weighted by atomic mass is 16.5. The number of hydrogen-bond donors (Lipinski definition) is 1. The van der Waals surface area contributed by atoms with Gasteiger partial charge in [-0.3, -0.25) is 9.78 Å². The van der Waals surface area contributed by atoms with Crippen molar-refractivity contribution in [1.29, 1.82) is 0 Å². The van der Waals surface area contributed by atoms with Gasteiger partial charge in [-0.05, 0) is 70.3 Å². The van der Waals surface area contributed by atoms with Crippen LogP contribution in [0.3, 0.4) is 0 Å². The molecule has 5 heteroatoms. The van der Waals surface area contributed by atoms with E-state index in [4.69, 9.17) is 9.47 Å². The molecule has 5 nitrogen and oxygen atoms in total. The Kier molecular flexibility index (Phi) is 5.69. The second-order valence-electron chi connectivity index (χ2n) is 8.37. The van der Waals surface area contributed by atoms with Crippen molar-refractivity contribution in [2.45, 2.75) is 18.9 Å². The summed E-state index contributed by atoms with van der Waals surface area (Å²) in [5.41, 5.74) is 4.41. The number of nitrogens with one attached hydrogen (secondary N) is 1. The molecule has 3 aromatic carbocycles. The van der Waals surface area contributed by atoms with Gasteiger partial charge in [0.15, 0.2) is 0 Å². The van der Waals surface area contributed by atoms with Gasteiger partial charge in [0, 0.05) is 30.2 Å². The molecule has 0 bridgehead atoms. The van der Waals surface area contributed by atoms with Crippen LogP contribution in [0.1, 0.15) is 23.5 Å². The van der Waals surface area contributed by atoms with Gasteiger partial charge in [0.1, 0.15) is 11.5 Å². The van der Waals surface area contributed by atoms with Gasteiger partial charge in [-0.2, -0.15) is 0 Å². The lowest BCUT2D eigenvalue weighted by molar-refractivity contribution is -0.122. The number of benzene rings is 3. The normalized spacial score (nSPS) is 16.9. The minimum atomic E-state index is 0.0116. The van der Waals surface area contributed by atoms with E-state index in [1.807, 2.05) is 48.7 Å². The minimum absolute atomic E-state index is 0.0116. The van der Waals surface area contributed by atoms with E-state index in [9.17, 15) is 4.79 Å². The van der Waals surface area contributed by atoms with E-state index in [-0.39, 0.29) is 17.7 Å². The number of carbonyl (C=O) groups is 1. The largest absolute Gasteiger partial charge is 0.497 e. The van der Waals surface area contributed by atoms with E-state index in [2.05, 4.69) is 34.6 Å². The zero-order valence-corrected chi connectivity index (χ0v) is 18.7. The SMILES string of the molecule is COc1cccc(-c2ccc(CNC(=O)C3CC3c3cccc(OC)c3)c3cnccc23)c1. The zero-order chi connectivity index (χ0) is 22.8. The van der Waals surface area contributed by atoms with Gasteiger partial charge in [-0.15, -0.1) is 0 Å². The summed E-state index contributed by atoms with van der Waals surface area (Å²) >= 11 is 0. The molecule has 0 aliphatic heterocycles. The molecule has 0 spiro atoms. The van der Waals surface area contributed by atoms with E-state index in [1.54, 1.807) is 20.4 Å². The summed E-state index contributed by atoms with van der Waals surface area (Å²) in [4.78, 5) is 17.2. The van der Waals surface area contributed by atoms with Crippen LogP contribution >= 0.6 is 0 Å². The smallest absolute Gasteiger partial charge is 0.224 e. The van der Waals surface area contributed by atoms with Crippen LogP contribution in [-0.4, -0.2) is 25.1 Å². The molecule has 33 heavy (non-hydrogen) atoms. The maximum absolute atomic E-state index is 12.8. The Balaban J connectivity index is 1.33. The van der Waals surface area contributed by atoms with E-state index < -0.39 is 0 Å². The first kappa shape index (κ1) is 21.0. The predicted octanol–water partition coefficient (Wildman–Crippen LogP) is 5.34. The third-order valence-corrected chi connectivity index (χ3v) is 6.39. The van der Waals surface area contributed by atoms with Crippen molar-refractivity contribution in [3.05, 3.63) is 90.3 Å². The summed E-state index contributed by atoms with van der Waals surface area (Å²) in [6, 6.07) is 22.2. The third kappa shape index (κ3) is 4.27. The number of carbonyl (C=O) groups excluding carboxylic acids is 1. The topological polar surface area (TPSA) is 60.5 Å². The van der Waals surface area contributed by atoms with Gasteiger partial charge in [-0.25, -0.2) is 0 Å². The summed E-state index contributed by atoms with van der Waals surface area (Å²) < 4.78 is 10.7. The molecule has 166 valence electrons. The Morgan fingerprint density at radius 1 is 0.970 bits per heavy atom. The van der Waals surface area contributed by atoms with E-state index >= 15 is 0 Å². The van der Waals surface area contributed by atoms with Crippen molar-refractivity contribution in [2.24, 2.45) is 5.92 Å². The number of ether oxygens (including phenoxy) is 2. The molecule has 2 unspecified atom stereocenters. The van der Waals surface area contributed by atoms with Crippen LogP contribution < -0.4 is 14.8 Å². The molecule has 1 N–H and O–H groups in total. The van der Waals surface area contributed by atoms with Gasteiger partial charge in [0.25, 0.3) is 0 Å². The lowest BCUT2D eigenvalue weighted by Crippen LogP contribution is -2.25. The number of hydrogen-bond acceptors (Lipinski definition) is 4. The first-order valence-corrected chi connectivity index (χ1v) is 11.1. The molecule has 1 aliphatic rings. The average Bonchev–Trinajstić information content (AvgIpc) is 3.68. The number of aromatic nitrogens is 1. The first-order valence-electron chi connectivity index (χ1n) is 11.1. The number of methoxy groups -OCH3 is 2.